The second-order valence-electron chi connectivity index (χ2n) is 8.07. The fourth-order valence-electron chi connectivity index (χ4n) is 4.03. The number of ether oxygens (including phenoxy) is 1. The minimum absolute atomic E-state index is 0.0133. The zero-order valence-corrected chi connectivity index (χ0v) is 19.8. The lowest BCUT2D eigenvalue weighted by Gasteiger charge is -2.20. The molecule has 1 aromatic heterocycles. The van der Waals surface area contributed by atoms with Crippen molar-refractivity contribution in [2.75, 3.05) is 7.11 Å². The van der Waals surface area contributed by atoms with Crippen molar-refractivity contribution in [2.45, 2.75) is 12.1 Å². The van der Waals surface area contributed by atoms with Gasteiger partial charge in [0.25, 0.3) is 0 Å². The smallest absolute Gasteiger partial charge is 0.416 e. The van der Waals surface area contributed by atoms with E-state index in [0.717, 1.165) is 6.07 Å². The van der Waals surface area contributed by atoms with Crippen LogP contribution >= 0.6 is 11.6 Å². The van der Waals surface area contributed by atoms with Crippen molar-refractivity contribution in [1.29, 1.82) is 0 Å². The summed E-state index contributed by atoms with van der Waals surface area (Å²) in [5, 5.41) is 9.62. The van der Waals surface area contributed by atoms with Gasteiger partial charge in [0.15, 0.2) is 5.78 Å². The molecule has 0 aliphatic heterocycles. The number of carbonyl (C=O) groups is 2. The Morgan fingerprint density at radius 2 is 1.78 bits per heavy atom. The number of halogens is 5. The van der Waals surface area contributed by atoms with Crippen LogP contribution in [0.1, 0.15) is 43.5 Å². The molecule has 2 N–H and O–H groups in total. The summed E-state index contributed by atoms with van der Waals surface area (Å²) in [6, 6.07) is 13.8. The third-order valence-electron chi connectivity index (χ3n) is 5.82. The first kappa shape index (κ1) is 26.0. The SMILES string of the molecule is COc1ccc(-c2cc(C(=O)O)ccc2Cl)cc1C(C(=O)c1ccc(C(F)(F)F)cc1F)c1ccc[nH]1. The van der Waals surface area contributed by atoms with Crippen LogP contribution in [0.3, 0.4) is 0 Å². The molecule has 1 unspecified atom stereocenters. The van der Waals surface area contributed by atoms with Gasteiger partial charge in [0.05, 0.1) is 29.7 Å². The quantitative estimate of drug-likeness (QED) is 0.195. The molecule has 4 aromatic rings. The van der Waals surface area contributed by atoms with E-state index in [2.05, 4.69) is 4.98 Å². The number of hydrogen-bond acceptors (Lipinski definition) is 3. The fourth-order valence-corrected chi connectivity index (χ4v) is 4.25. The van der Waals surface area contributed by atoms with E-state index in [1.165, 1.54) is 25.3 Å². The van der Waals surface area contributed by atoms with E-state index in [-0.39, 0.29) is 28.0 Å². The normalized spacial score (nSPS) is 12.3. The number of hydrogen-bond donors (Lipinski definition) is 2. The molecule has 0 aliphatic carbocycles. The summed E-state index contributed by atoms with van der Waals surface area (Å²) in [7, 11) is 1.37. The van der Waals surface area contributed by atoms with E-state index in [0.29, 0.717) is 22.9 Å². The first-order chi connectivity index (χ1) is 17.5. The largest absolute Gasteiger partial charge is 0.496 e. The monoisotopic (exact) mass is 531 g/mol. The number of Topliss-reactive ketones (excluding diaryl/α,β-unsaturated/α-hetero) is 1. The molecule has 190 valence electrons. The van der Waals surface area contributed by atoms with Crippen LogP contribution in [-0.4, -0.2) is 29.0 Å². The van der Waals surface area contributed by atoms with Crippen molar-refractivity contribution in [3.63, 3.8) is 0 Å². The maximum absolute atomic E-state index is 14.8. The Kier molecular flexibility index (Phi) is 7.09. The number of alkyl halides is 3. The highest BCUT2D eigenvalue weighted by atomic mass is 35.5. The molecule has 1 heterocycles. The van der Waals surface area contributed by atoms with Gasteiger partial charge in [-0.15, -0.1) is 0 Å². The number of benzene rings is 3. The van der Waals surface area contributed by atoms with Crippen LogP contribution in [0.15, 0.2) is 72.9 Å². The summed E-state index contributed by atoms with van der Waals surface area (Å²) in [4.78, 5) is 28.0. The predicted molar refractivity (Wildman–Crippen MR) is 129 cm³/mol. The highest BCUT2D eigenvalue weighted by molar-refractivity contribution is 6.33. The van der Waals surface area contributed by atoms with Gasteiger partial charge in [-0.1, -0.05) is 17.7 Å². The zero-order chi connectivity index (χ0) is 26.9. The van der Waals surface area contributed by atoms with Gasteiger partial charge in [0.2, 0.25) is 0 Å². The number of aromatic nitrogens is 1. The van der Waals surface area contributed by atoms with Gasteiger partial charge in [-0.05, 0) is 66.2 Å². The highest BCUT2D eigenvalue weighted by Gasteiger charge is 2.34. The van der Waals surface area contributed by atoms with E-state index in [4.69, 9.17) is 16.3 Å². The number of nitrogens with one attached hydrogen (secondary N) is 1. The van der Waals surface area contributed by atoms with Crippen molar-refractivity contribution in [1.82, 2.24) is 4.98 Å². The Hall–Kier alpha value is -4.11. The first-order valence-corrected chi connectivity index (χ1v) is 11.1. The summed E-state index contributed by atoms with van der Waals surface area (Å²) >= 11 is 6.33. The van der Waals surface area contributed by atoms with Crippen LogP contribution in [0.25, 0.3) is 11.1 Å². The molecule has 0 radical (unpaired) electrons. The molecular formula is C27H18ClF4NO4. The maximum Gasteiger partial charge on any atom is 0.416 e. The minimum Gasteiger partial charge on any atom is -0.496 e. The number of H-pyrrole nitrogens is 1. The van der Waals surface area contributed by atoms with Crippen molar-refractivity contribution in [3.05, 3.63) is 112 Å². The number of ketones is 1. The van der Waals surface area contributed by atoms with E-state index >= 15 is 0 Å². The number of methoxy groups -OCH3 is 1. The van der Waals surface area contributed by atoms with Crippen LogP contribution in [-0.2, 0) is 6.18 Å². The number of carboxylic acids is 1. The summed E-state index contributed by atoms with van der Waals surface area (Å²) in [6.45, 7) is 0. The van der Waals surface area contributed by atoms with Gasteiger partial charge in [-0.25, -0.2) is 9.18 Å². The van der Waals surface area contributed by atoms with E-state index in [1.807, 2.05) is 0 Å². The molecule has 0 saturated carbocycles. The van der Waals surface area contributed by atoms with Gasteiger partial charge in [-0.3, -0.25) is 4.79 Å². The Bertz CT molecular complexity index is 1480. The van der Waals surface area contributed by atoms with Crippen molar-refractivity contribution in [2.24, 2.45) is 0 Å². The molecule has 3 aromatic carbocycles. The number of aromatic amines is 1. The molecule has 5 nitrogen and oxygen atoms in total. The lowest BCUT2D eigenvalue weighted by Crippen LogP contribution is -2.18. The third-order valence-corrected chi connectivity index (χ3v) is 6.15. The summed E-state index contributed by atoms with van der Waals surface area (Å²) in [6.07, 6.45) is -3.23. The number of carbonyl (C=O) groups excluding carboxylic acids is 1. The fraction of sp³-hybridized carbons (Fsp3) is 0.111. The van der Waals surface area contributed by atoms with Crippen LogP contribution in [0.2, 0.25) is 5.02 Å². The van der Waals surface area contributed by atoms with Crippen LogP contribution in [0.4, 0.5) is 17.6 Å². The van der Waals surface area contributed by atoms with E-state index < -0.39 is 40.8 Å². The first-order valence-electron chi connectivity index (χ1n) is 10.8. The Labute approximate surface area is 213 Å². The van der Waals surface area contributed by atoms with Gasteiger partial charge in [0.1, 0.15) is 11.6 Å². The van der Waals surface area contributed by atoms with E-state index in [9.17, 15) is 32.3 Å². The Morgan fingerprint density at radius 3 is 2.38 bits per heavy atom. The number of rotatable bonds is 7. The van der Waals surface area contributed by atoms with Gasteiger partial charge < -0.3 is 14.8 Å². The second-order valence-corrected chi connectivity index (χ2v) is 8.48. The molecular weight excluding hydrogens is 514 g/mol. The van der Waals surface area contributed by atoms with Crippen LogP contribution in [0, 0.1) is 5.82 Å². The Morgan fingerprint density at radius 1 is 1.03 bits per heavy atom. The molecule has 0 saturated heterocycles. The maximum atomic E-state index is 14.8. The molecule has 0 amide bonds. The standard InChI is InChI=1S/C27H18ClF4NO4/c1-37-23-9-5-14(18-12-15(26(35)36)4-8-20(18)28)11-19(23)24(22-3-2-10-33-22)25(34)17-7-6-16(13-21(17)29)27(30,31)32/h2-13,24,33H,1H3,(H,35,36). The van der Waals surface area contributed by atoms with Gasteiger partial charge in [0, 0.05) is 28.0 Å². The Balaban J connectivity index is 1.89. The van der Waals surface area contributed by atoms with Crippen LogP contribution in [0.5, 0.6) is 5.75 Å². The molecule has 0 aliphatic rings. The summed E-state index contributed by atoms with van der Waals surface area (Å²) < 4.78 is 59.4. The molecule has 0 spiro atoms. The lowest BCUT2D eigenvalue weighted by molar-refractivity contribution is -0.137. The van der Waals surface area contributed by atoms with Crippen LogP contribution < -0.4 is 4.74 Å². The predicted octanol–water partition coefficient (Wildman–Crippen LogP) is 7.21. The highest BCUT2D eigenvalue weighted by Crippen LogP contribution is 2.39. The number of carboxylic acid groups (broad SMARTS) is 1. The molecule has 0 fully saturated rings. The molecule has 37 heavy (non-hydrogen) atoms. The van der Waals surface area contributed by atoms with Gasteiger partial charge in [-0.2, -0.15) is 13.2 Å². The molecule has 1 atom stereocenters. The van der Waals surface area contributed by atoms with E-state index in [1.54, 1.807) is 36.5 Å². The van der Waals surface area contributed by atoms with Crippen molar-refractivity contribution in [3.8, 4) is 16.9 Å². The van der Waals surface area contributed by atoms with Crippen molar-refractivity contribution >= 4 is 23.4 Å². The van der Waals surface area contributed by atoms with Crippen molar-refractivity contribution < 1.29 is 37.0 Å². The zero-order valence-electron chi connectivity index (χ0n) is 19.1. The minimum atomic E-state index is -4.78. The average molecular weight is 532 g/mol. The molecule has 0 bridgehead atoms. The second kappa shape index (κ2) is 10.1. The van der Waals surface area contributed by atoms with Gasteiger partial charge >= 0.3 is 12.1 Å². The number of aromatic carboxylic acids is 1. The topological polar surface area (TPSA) is 79.4 Å². The molecule has 4 rings (SSSR count). The average Bonchev–Trinajstić information content (AvgIpc) is 3.38. The third kappa shape index (κ3) is 5.22. The lowest BCUT2D eigenvalue weighted by atomic mass is 9.85. The molecule has 10 heteroatoms. The summed E-state index contributed by atoms with van der Waals surface area (Å²) in [5.74, 6) is -4.24. The summed E-state index contributed by atoms with van der Waals surface area (Å²) in [5.41, 5.74) is -0.351.